The Morgan fingerprint density at radius 3 is 1.38 bits per heavy atom. The van der Waals surface area contributed by atoms with E-state index in [0.29, 0.717) is 19.6 Å². The Hall–Kier alpha value is -4.86. The molecule has 6 aromatic rings. The van der Waals surface area contributed by atoms with Gasteiger partial charge in [-0.25, -0.2) is 0 Å². The second kappa shape index (κ2) is 24.2. The van der Waals surface area contributed by atoms with E-state index in [1.165, 1.54) is 17.5 Å². The van der Waals surface area contributed by atoms with E-state index in [0.717, 1.165) is 94.5 Å². The van der Waals surface area contributed by atoms with Gasteiger partial charge in [0.2, 0.25) is 0 Å². The molecule has 0 aliphatic carbocycles. The van der Waals surface area contributed by atoms with E-state index in [1.54, 1.807) is 0 Å². The molecule has 0 radical (unpaired) electrons. The molecule has 0 bridgehead atoms. The van der Waals surface area contributed by atoms with E-state index < -0.39 is 0 Å². The fraction of sp³-hybridized carbons (Fsp3) is 0.245. The van der Waals surface area contributed by atoms with Crippen molar-refractivity contribution in [2.75, 3.05) is 13.2 Å². The summed E-state index contributed by atoms with van der Waals surface area (Å²) in [5, 5.41) is 23.3. The minimum atomic E-state index is -0.00398. The summed E-state index contributed by atoms with van der Waals surface area (Å²) in [5.74, 6) is 1.91. The van der Waals surface area contributed by atoms with Crippen LogP contribution in [0.1, 0.15) is 63.5 Å². The second-order valence-electron chi connectivity index (χ2n) is 14.4. The molecule has 0 aliphatic heterocycles. The molecule has 4 nitrogen and oxygen atoms in total. The van der Waals surface area contributed by atoms with Crippen molar-refractivity contribution in [3.63, 3.8) is 0 Å². The average Bonchev–Trinajstić information content (AvgIpc) is 3.22. The number of phenols is 2. The summed E-state index contributed by atoms with van der Waals surface area (Å²) in [6, 6.07) is 44.5. The Balaban J connectivity index is 0.00000300. The number of rotatable bonds is 19. The van der Waals surface area contributed by atoms with Gasteiger partial charge in [0.15, 0.2) is 0 Å². The molecule has 0 spiro atoms. The van der Waals surface area contributed by atoms with Crippen LogP contribution in [-0.4, -0.2) is 23.4 Å². The Kier molecular flexibility index (Phi) is 19.8. The molecule has 300 valence electrons. The van der Waals surface area contributed by atoms with Crippen LogP contribution < -0.4 is 9.47 Å². The monoisotopic (exact) mass is 850 g/mol. The third-order valence-corrected chi connectivity index (χ3v) is 10.2. The SMILES string of the molecule is C=CCC(COc1ccc(CCCC)cc1-c1cccc(-c2ccccc2)c1O)COc1ccc(CCCCC)cc1-c1cccc(-c2ccccc2)c1O.[CH3-].[CH3-].[Zr+2]. The van der Waals surface area contributed by atoms with Gasteiger partial charge in [0.05, 0.1) is 13.2 Å². The first-order chi connectivity index (χ1) is 27.0. The van der Waals surface area contributed by atoms with Crippen molar-refractivity contribution in [3.8, 4) is 67.5 Å². The topological polar surface area (TPSA) is 58.9 Å². The van der Waals surface area contributed by atoms with Crippen LogP contribution in [0, 0.1) is 20.8 Å². The number of allylic oxidation sites excluding steroid dienone is 1. The van der Waals surface area contributed by atoms with Crippen molar-refractivity contribution < 1.29 is 45.9 Å². The van der Waals surface area contributed by atoms with Crippen LogP contribution in [0.25, 0.3) is 44.5 Å². The number of phenolic OH excluding ortho intramolecular Hbond substituents is 2. The second-order valence-corrected chi connectivity index (χ2v) is 14.4. The van der Waals surface area contributed by atoms with Gasteiger partial charge in [-0.15, -0.1) is 6.58 Å². The molecule has 1 atom stereocenters. The Morgan fingerprint density at radius 2 is 0.948 bits per heavy atom. The maximum atomic E-state index is 11.7. The van der Waals surface area contributed by atoms with Crippen molar-refractivity contribution in [3.05, 3.63) is 172 Å². The number of benzene rings is 6. The van der Waals surface area contributed by atoms with Crippen LogP contribution in [0.3, 0.4) is 0 Å². The van der Waals surface area contributed by atoms with Crippen LogP contribution in [0.5, 0.6) is 23.0 Å². The summed E-state index contributed by atoms with van der Waals surface area (Å²) >= 11 is 0. The van der Waals surface area contributed by atoms with Crippen molar-refractivity contribution >= 4 is 0 Å². The molecule has 0 saturated carbocycles. The van der Waals surface area contributed by atoms with E-state index in [1.807, 2.05) is 115 Å². The first-order valence-electron chi connectivity index (χ1n) is 19.9. The third kappa shape index (κ3) is 12.1. The van der Waals surface area contributed by atoms with Crippen LogP contribution in [0.4, 0.5) is 0 Å². The minimum Gasteiger partial charge on any atom is -0.507 e. The van der Waals surface area contributed by atoms with Gasteiger partial charge >= 0.3 is 26.2 Å². The van der Waals surface area contributed by atoms with Crippen LogP contribution in [0.2, 0.25) is 0 Å². The predicted molar refractivity (Wildman–Crippen MR) is 242 cm³/mol. The maximum absolute atomic E-state index is 11.7. The smallest absolute Gasteiger partial charge is 0.507 e. The van der Waals surface area contributed by atoms with Gasteiger partial charge in [0.25, 0.3) is 0 Å². The average molecular weight is 852 g/mol. The number of aromatic hydroxyl groups is 2. The van der Waals surface area contributed by atoms with Crippen LogP contribution in [0.15, 0.2) is 146 Å². The van der Waals surface area contributed by atoms with E-state index >= 15 is 0 Å². The molecule has 1 unspecified atom stereocenters. The van der Waals surface area contributed by atoms with Gasteiger partial charge in [-0.2, -0.15) is 0 Å². The number of para-hydroxylation sites is 2. The first kappa shape index (κ1) is 47.5. The Labute approximate surface area is 367 Å². The molecule has 0 aliphatic rings. The zero-order valence-electron chi connectivity index (χ0n) is 34.8. The van der Waals surface area contributed by atoms with E-state index in [-0.39, 0.29) is 58.5 Å². The zero-order valence-corrected chi connectivity index (χ0v) is 37.3. The quantitative estimate of drug-likeness (QED) is 0.0484. The standard InChI is InChI=1S/C51H54O4.2CH3.Zr/c1-4-7-11-20-38-30-32-49(47(34-38)45-28-17-26-43(51(45)53)41-23-14-10-15-24-41)55-36-39(18-6-3)35-54-48-31-29-37(19-8-5-2)33-46(48)44-27-16-25-42(50(44)52)40-21-12-9-13-22-40;;;/h6,9-10,12-17,21-34,39,52-53H,3-5,7-8,11,18-20,35-36H2,1-2H3;2*1H3;/q;2*-1;+2. The first-order valence-corrected chi connectivity index (χ1v) is 19.9. The van der Waals surface area contributed by atoms with Gasteiger partial charge in [0, 0.05) is 39.3 Å². The molecule has 5 heteroatoms. The van der Waals surface area contributed by atoms with Gasteiger partial charge in [-0.3, -0.25) is 0 Å². The van der Waals surface area contributed by atoms with Crippen LogP contribution >= 0.6 is 0 Å². The Bertz CT molecular complexity index is 2140. The van der Waals surface area contributed by atoms with E-state index in [4.69, 9.17) is 9.47 Å². The number of hydrogen-bond acceptors (Lipinski definition) is 4. The normalized spacial score (nSPS) is 11.0. The van der Waals surface area contributed by atoms with E-state index in [2.05, 4.69) is 44.7 Å². The molecule has 58 heavy (non-hydrogen) atoms. The van der Waals surface area contributed by atoms with Crippen molar-refractivity contribution in [1.29, 1.82) is 0 Å². The number of aryl methyl sites for hydroxylation is 2. The molecular formula is C53H60O4Zr. The number of hydrogen-bond donors (Lipinski definition) is 2. The zero-order chi connectivity index (χ0) is 38.4. The van der Waals surface area contributed by atoms with E-state index in [9.17, 15) is 10.2 Å². The van der Waals surface area contributed by atoms with Crippen molar-refractivity contribution in [2.45, 2.75) is 65.2 Å². The molecule has 0 heterocycles. The van der Waals surface area contributed by atoms with Gasteiger partial charge in [0.1, 0.15) is 23.0 Å². The molecule has 0 aromatic heterocycles. The summed E-state index contributed by atoms with van der Waals surface area (Å²) in [7, 11) is 0. The van der Waals surface area contributed by atoms with Gasteiger partial charge in [-0.1, -0.05) is 148 Å². The molecule has 2 N–H and O–H groups in total. The van der Waals surface area contributed by atoms with Crippen LogP contribution in [-0.2, 0) is 39.0 Å². The fourth-order valence-electron chi connectivity index (χ4n) is 7.16. The molecule has 6 rings (SSSR count). The van der Waals surface area contributed by atoms with Gasteiger partial charge < -0.3 is 34.5 Å². The molecule has 0 fully saturated rings. The summed E-state index contributed by atoms with van der Waals surface area (Å²) < 4.78 is 13.3. The molecule has 0 amide bonds. The van der Waals surface area contributed by atoms with Crippen molar-refractivity contribution in [1.82, 2.24) is 0 Å². The molecule has 6 aromatic carbocycles. The Morgan fingerprint density at radius 1 is 0.517 bits per heavy atom. The third-order valence-electron chi connectivity index (χ3n) is 10.2. The fourth-order valence-corrected chi connectivity index (χ4v) is 7.16. The van der Waals surface area contributed by atoms with Gasteiger partial charge in [-0.05, 0) is 78.6 Å². The number of unbranched alkanes of at least 4 members (excludes halogenated alkanes) is 3. The van der Waals surface area contributed by atoms with Crippen molar-refractivity contribution in [2.24, 2.45) is 5.92 Å². The number of ether oxygens (including phenoxy) is 2. The predicted octanol–water partition coefficient (Wildman–Crippen LogP) is 14.4. The minimum absolute atomic E-state index is 0. The summed E-state index contributed by atoms with van der Waals surface area (Å²) in [4.78, 5) is 0. The summed E-state index contributed by atoms with van der Waals surface area (Å²) in [6.07, 6.45) is 10.2. The maximum Gasteiger partial charge on any atom is 2.00 e. The summed E-state index contributed by atoms with van der Waals surface area (Å²) in [6.45, 7) is 9.26. The molecular weight excluding hydrogens is 792 g/mol. The summed E-state index contributed by atoms with van der Waals surface area (Å²) in [5.41, 5.74) is 9.17. The largest absolute Gasteiger partial charge is 2.00 e. The molecule has 0 saturated heterocycles.